The van der Waals surface area contributed by atoms with Gasteiger partial charge in [-0.2, -0.15) is 5.26 Å². The molecule has 0 saturated heterocycles. The highest BCUT2D eigenvalue weighted by Gasteiger charge is 2.05. The summed E-state index contributed by atoms with van der Waals surface area (Å²) in [5.74, 6) is -1.19. The lowest BCUT2D eigenvalue weighted by Crippen LogP contribution is -1.97. The number of carbonyl (C=O) groups is 1. The van der Waals surface area contributed by atoms with Crippen LogP contribution in [-0.2, 0) is 11.3 Å². The van der Waals surface area contributed by atoms with E-state index in [0.29, 0.717) is 0 Å². The van der Waals surface area contributed by atoms with Crippen LogP contribution in [0.25, 0.3) is 6.08 Å². The predicted octanol–water partition coefficient (Wildman–Crippen LogP) is 1.89. The summed E-state index contributed by atoms with van der Waals surface area (Å²) in [6.07, 6.45) is 6.08. The highest BCUT2D eigenvalue weighted by atomic mass is 16.4. The van der Waals surface area contributed by atoms with Crippen LogP contribution >= 0.6 is 0 Å². The summed E-state index contributed by atoms with van der Waals surface area (Å²) >= 11 is 0. The molecule has 4 heteroatoms. The molecule has 0 unspecified atom stereocenters. The van der Waals surface area contributed by atoms with Crippen LogP contribution in [-0.4, -0.2) is 15.6 Å². The van der Waals surface area contributed by atoms with Crippen molar-refractivity contribution >= 4 is 12.0 Å². The molecule has 0 bridgehead atoms. The van der Waals surface area contributed by atoms with Crippen LogP contribution in [0.15, 0.2) is 24.0 Å². The standard InChI is InChI=1S/C11H12N2O2/c1-2-4-13-5-3-9(8-13)6-10(7-12)11(14)15/h3,5-6,8H,2,4H2,1H3,(H,14,15). The maximum absolute atomic E-state index is 10.6. The molecule has 0 saturated carbocycles. The van der Waals surface area contributed by atoms with Gasteiger partial charge in [0.25, 0.3) is 0 Å². The van der Waals surface area contributed by atoms with Gasteiger partial charge in [-0.05, 0) is 24.1 Å². The van der Waals surface area contributed by atoms with Crippen LogP contribution in [0, 0.1) is 11.3 Å². The third kappa shape index (κ3) is 2.99. The molecular formula is C11H12N2O2. The average molecular weight is 204 g/mol. The quantitative estimate of drug-likeness (QED) is 0.601. The molecule has 4 nitrogen and oxygen atoms in total. The van der Waals surface area contributed by atoms with E-state index in [1.165, 1.54) is 6.08 Å². The molecule has 1 heterocycles. The number of nitriles is 1. The van der Waals surface area contributed by atoms with E-state index in [1.807, 2.05) is 17.0 Å². The molecule has 1 rings (SSSR count). The number of aliphatic carboxylic acids is 1. The molecule has 0 fully saturated rings. The van der Waals surface area contributed by atoms with Gasteiger partial charge >= 0.3 is 5.97 Å². The number of carboxylic acids is 1. The van der Waals surface area contributed by atoms with E-state index >= 15 is 0 Å². The van der Waals surface area contributed by atoms with Crippen molar-refractivity contribution in [2.75, 3.05) is 0 Å². The summed E-state index contributed by atoms with van der Waals surface area (Å²) in [5, 5.41) is 17.2. The third-order valence-electron chi connectivity index (χ3n) is 1.92. The van der Waals surface area contributed by atoms with Crippen LogP contribution in [0.4, 0.5) is 0 Å². The summed E-state index contributed by atoms with van der Waals surface area (Å²) in [5.41, 5.74) is 0.492. The van der Waals surface area contributed by atoms with E-state index in [4.69, 9.17) is 10.4 Å². The Morgan fingerprint density at radius 3 is 3.00 bits per heavy atom. The van der Waals surface area contributed by atoms with Crippen molar-refractivity contribution < 1.29 is 9.90 Å². The number of nitrogens with zero attached hydrogens (tertiary/aromatic N) is 2. The maximum atomic E-state index is 10.6. The molecule has 15 heavy (non-hydrogen) atoms. The van der Waals surface area contributed by atoms with Gasteiger partial charge in [-0.1, -0.05) is 6.92 Å². The van der Waals surface area contributed by atoms with Gasteiger partial charge in [0.1, 0.15) is 11.6 Å². The lowest BCUT2D eigenvalue weighted by Gasteiger charge is -1.96. The highest BCUT2D eigenvalue weighted by Crippen LogP contribution is 2.08. The molecule has 0 aliphatic carbocycles. The zero-order valence-corrected chi connectivity index (χ0v) is 8.47. The Kier molecular flexibility index (Phi) is 3.69. The van der Waals surface area contributed by atoms with Crippen molar-refractivity contribution in [1.82, 2.24) is 4.57 Å². The van der Waals surface area contributed by atoms with E-state index < -0.39 is 5.97 Å². The van der Waals surface area contributed by atoms with Gasteiger partial charge < -0.3 is 9.67 Å². The number of aryl methyl sites for hydroxylation is 1. The maximum Gasteiger partial charge on any atom is 0.346 e. The SMILES string of the molecule is CCCn1ccc(C=C(C#N)C(=O)O)c1. The van der Waals surface area contributed by atoms with Gasteiger partial charge in [0.15, 0.2) is 0 Å². The molecule has 0 amide bonds. The largest absolute Gasteiger partial charge is 0.477 e. The first kappa shape index (κ1) is 11.1. The Bertz CT molecular complexity index is 424. The Labute approximate surface area is 88.1 Å². The summed E-state index contributed by atoms with van der Waals surface area (Å²) in [7, 11) is 0. The molecule has 1 aromatic heterocycles. The lowest BCUT2D eigenvalue weighted by molar-refractivity contribution is -0.132. The van der Waals surface area contributed by atoms with E-state index in [-0.39, 0.29) is 5.57 Å². The van der Waals surface area contributed by atoms with Crippen LogP contribution in [0.5, 0.6) is 0 Å². The second-order valence-electron chi connectivity index (χ2n) is 3.16. The van der Waals surface area contributed by atoms with Crippen molar-refractivity contribution in [1.29, 1.82) is 5.26 Å². The fourth-order valence-corrected chi connectivity index (χ4v) is 1.25. The summed E-state index contributed by atoms with van der Waals surface area (Å²) in [4.78, 5) is 10.6. The van der Waals surface area contributed by atoms with Crippen molar-refractivity contribution in [3.8, 4) is 6.07 Å². The van der Waals surface area contributed by atoms with Crippen molar-refractivity contribution in [3.63, 3.8) is 0 Å². The predicted molar refractivity (Wildman–Crippen MR) is 55.9 cm³/mol. The minimum absolute atomic E-state index is 0.246. The molecule has 78 valence electrons. The Morgan fingerprint density at radius 1 is 1.73 bits per heavy atom. The minimum Gasteiger partial charge on any atom is -0.477 e. The van der Waals surface area contributed by atoms with Gasteiger partial charge in [0.05, 0.1) is 0 Å². The van der Waals surface area contributed by atoms with Gasteiger partial charge in [0.2, 0.25) is 0 Å². The number of hydrogen-bond donors (Lipinski definition) is 1. The summed E-state index contributed by atoms with van der Waals surface area (Å²) in [6.45, 7) is 2.95. The molecule has 0 atom stereocenters. The molecule has 1 N–H and O–H groups in total. The second kappa shape index (κ2) is 5.01. The monoisotopic (exact) mass is 204 g/mol. The second-order valence-corrected chi connectivity index (χ2v) is 3.16. The number of aromatic nitrogens is 1. The number of rotatable bonds is 4. The van der Waals surface area contributed by atoms with Gasteiger partial charge in [0, 0.05) is 18.9 Å². The van der Waals surface area contributed by atoms with Gasteiger partial charge in [-0.3, -0.25) is 0 Å². The zero-order chi connectivity index (χ0) is 11.3. The van der Waals surface area contributed by atoms with Crippen LogP contribution in [0.2, 0.25) is 0 Å². The molecule has 0 aliphatic rings. The molecule has 0 aliphatic heterocycles. The Morgan fingerprint density at radius 2 is 2.47 bits per heavy atom. The molecule has 1 aromatic rings. The van der Waals surface area contributed by atoms with E-state index in [0.717, 1.165) is 18.5 Å². The fourth-order valence-electron chi connectivity index (χ4n) is 1.25. The molecular weight excluding hydrogens is 192 g/mol. The van der Waals surface area contributed by atoms with Crippen molar-refractivity contribution in [2.24, 2.45) is 0 Å². The van der Waals surface area contributed by atoms with E-state index in [9.17, 15) is 4.79 Å². The third-order valence-corrected chi connectivity index (χ3v) is 1.92. The van der Waals surface area contributed by atoms with Crippen molar-refractivity contribution in [3.05, 3.63) is 29.6 Å². The van der Waals surface area contributed by atoms with Gasteiger partial charge in [-0.25, -0.2) is 4.79 Å². The van der Waals surface area contributed by atoms with Crippen molar-refractivity contribution in [2.45, 2.75) is 19.9 Å². The van der Waals surface area contributed by atoms with Crippen LogP contribution in [0.1, 0.15) is 18.9 Å². The lowest BCUT2D eigenvalue weighted by atomic mass is 10.2. The first-order valence-corrected chi connectivity index (χ1v) is 4.68. The Balaban J connectivity index is 2.88. The molecule has 0 aromatic carbocycles. The van der Waals surface area contributed by atoms with Gasteiger partial charge in [-0.15, -0.1) is 0 Å². The number of hydrogen-bond acceptors (Lipinski definition) is 2. The van der Waals surface area contributed by atoms with Crippen LogP contribution < -0.4 is 0 Å². The average Bonchev–Trinajstić information content (AvgIpc) is 2.62. The first-order chi connectivity index (χ1) is 7.17. The minimum atomic E-state index is -1.19. The summed E-state index contributed by atoms with van der Waals surface area (Å²) < 4.78 is 1.96. The first-order valence-electron chi connectivity index (χ1n) is 4.68. The topological polar surface area (TPSA) is 66.0 Å². The highest BCUT2D eigenvalue weighted by molar-refractivity contribution is 5.96. The summed E-state index contributed by atoms with van der Waals surface area (Å²) in [6, 6.07) is 3.43. The fraction of sp³-hybridized carbons (Fsp3) is 0.273. The van der Waals surface area contributed by atoms with E-state index in [2.05, 4.69) is 6.92 Å². The zero-order valence-electron chi connectivity index (χ0n) is 8.47. The normalized spacial score (nSPS) is 11.1. The van der Waals surface area contributed by atoms with E-state index in [1.54, 1.807) is 12.1 Å². The molecule has 0 spiro atoms. The number of carboxylic acid groups (broad SMARTS) is 1. The van der Waals surface area contributed by atoms with Crippen LogP contribution in [0.3, 0.4) is 0 Å². The molecule has 0 radical (unpaired) electrons. The Hall–Kier alpha value is -2.02. The smallest absolute Gasteiger partial charge is 0.346 e.